The number of amides is 1. The van der Waals surface area contributed by atoms with Crippen molar-refractivity contribution < 1.29 is 14.3 Å². The summed E-state index contributed by atoms with van der Waals surface area (Å²) in [4.78, 5) is 10.6. The van der Waals surface area contributed by atoms with Crippen LogP contribution in [0.25, 0.3) is 0 Å². The second-order valence-corrected chi connectivity index (χ2v) is 4.50. The van der Waals surface area contributed by atoms with Gasteiger partial charge in [-0.3, -0.25) is 4.79 Å². The topological polar surface area (TPSA) is 47.6 Å². The number of nitrogens with one attached hydrogen (secondary N) is 1. The Hall–Kier alpha value is -0.610. The van der Waals surface area contributed by atoms with Gasteiger partial charge in [-0.2, -0.15) is 0 Å². The third-order valence-electron chi connectivity index (χ3n) is 2.70. The first kappa shape index (κ1) is 9.93. The minimum Gasteiger partial charge on any atom is -0.353 e. The highest BCUT2D eigenvalue weighted by Gasteiger charge is 2.33. The molecule has 0 aliphatic carbocycles. The first-order valence-electron chi connectivity index (χ1n) is 5.16. The second kappa shape index (κ2) is 3.51. The van der Waals surface area contributed by atoms with Crippen LogP contribution in [0.2, 0.25) is 0 Å². The molecule has 0 aromatic heterocycles. The van der Waals surface area contributed by atoms with E-state index in [0.717, 1.165) is 12.8 Å². The zero-order valence-corrected chi connectivity index (χ0v) is 8.71. The molecule has 2 rings (SSSR count). The standard InChI is InChI=1S/C10H17NO3/c1-10(2)13-6-8(14-10)4-3-7-5-9(12)11-7/h7-8H,3-6H2,1-2H3,(H,11,12)/t7-,8?/m1/s1. The van der Waals surface area contributed by atoms with Crippen molar-refractivity contribution in [3.05, 3.63) is 0 Å². The minimum atomic E-state index is -0.423. The van der Waals surface area contributed by atoms with Crippen molar-refractivity contribution in [3.8, 4) is 0 Å². The predicted octanol–water partition coefficient (Wildman–Crippen LogP) is 0.807. The van der Waals surface area contributed by atoms with Gasteiger partial charge in [0.2, 0.25) is 5.91 Å². The highest BCUT2D eigenvalue weighted by atomic mass is 16.7. The molecule has 0 radical (unpaired) electrons. The van der Waals surface area contributed by atoms with Crippen molar-refractivity contribution in [2.24, 2.45) is 0 Å². The maximum absolute atomic E-state index is 10.6. The molecule has 1 amide bonds. The summed E-state index contributed by atoms with van der Waals surface area (Å²) in [5.74, 6) is -0.257. The Morgan fingerprint density at radius 1 is 1.50 bits per heavy atom. The maximum Gasteiger partial charge on any atom is 0.222 e. The molecular formula is C10H17NO3. The molecule has 0 aromatic rings. The lowest BCUT2D eigenvalue weighted by molar-refractivity contribution is -0.140. The molecule has 2 saturated heterocycles. The molecule has 2 aliphatic heterocycles. The van der Waals surface area contributed by atoms with E-state index in [1.54, 1.807) is 0 Å². The summed E-state index contributed by atoms with van der Waals surface area (Å²) >= 11 is 0. The Balaban J connectivity index is 1.65. The molecule has 2 heterocycles. The Labute approximate surface area is 84.0 Å². The van der Waals surface area contributed by atoms with E-state index in [-0.39, 0.29) is 12.0 Å². The molecule has 2 aliphatic rings. The molecule has 0 bridgehead atoms. The van der Waals surface area contributed by atoms with Crippen molar-refractivity contribution in [2.45, 2.75) is 51.0 Å². The Kier molecular flexibility index (Phi) is 2.49. The van der Waals surface area contributed by atoms with Gasteiger partial charge in [0.1, 0.15) is 0 Å². The van der Waals surface area contributed by atoms with Crippen molar-refractivity contribution in [2.75, 3.05) is 6.61 Å². The minimum absolute atomic E-state index is 0.166. The van der Waals surface area contributed by atoms with Gasteiger partial charge < -0.3 is 14.8 Å². The second-order valence-electron chi connectivity index (χ2n) is 4.50. The largest absolute Gasteiger partial charge is 0.353 e. The van der Waals surface area contributed by atoms with Crippen LogP contribution in [-0.2, 0) is 14.3 Å². The molecule has 0 saturated carbocycles. The van der Waals surface area contributed by atoms with Gasteiger partial charge in [0.15, 0.2) is 5.79 Å². The smallest absolute Gasteiger partial charge is 0.222 e. The fraction of sp³-hybridized carbons (Fsp3) is 0.900. The van der Waals surface area contributed by atoms with E-state index in [1.165, 1.54) is 0 Å². The van der Waals surface area contributed by atoms with Crippen LogP contribution >= 0.6 is 0 Å². The summed E-state index contributed by atoms with van der Waals surface area (Å²) in [6, 6.07) is 0.370. The highest BCUT2D eigenvalue weighted by molar-refractivity contribution is 5.82. The van der Waals surface area contributed by atoms with E-state index >= 15 is 0 Å². The summed E-state index contributed by atoms with van der Waals surface area (Å²) in [5.41, 5.74) is 0. The molecule has 0 spiro atoms. The molecule has 0 aromatic carbocycles. The number of β-lactam (4-membered cyclic amide) rings is 1. The van der Waals surface area contributed by atoms with Crippen LogP contribution in [0, 0.1) is 0 Å². The van der Waals surface area contributed by atoms with E-state index < -0.39 is 5.79 Å². The van der Waals surface area contributed by atoms with Gasteiger partial charge >= 0.3 is 0 Å². The fourth-order valence-corrected chi connectivity index (χ4v) is 1.90. The van der Waals surface area contributed by atoms with E-state index in [9.17, 15) is 4.79 Å². The number of rotatable bonds is 3. The lowest BCUT2D eigenvalue weighted by atomic mass is 9.99. The Morgan fingerprint density at radius 2 is 2.21 bits per heavy atom. The molecule has 14 heavy (non-hydrogen) atoms. The predicted molar refractivity (Wildman–Crippen MR) is 50.7 cm³/mol. The number of ether oxygens (including phenoxy) is 2. The molecular weight excluding hydrogens is 182 g/mol. The van der Waals surface area contributed by atoms with Crippen molar-refractivity contribution in [1.29, 1.82) is 0 Å². The van der Waals surface area contributed by atoms with Crippen molar-refractivity contribution in [3.63, 3.8) is 0 Å². The van der Waals surface area contributed by atoms with Crippen LogP contribution < -0.4 is 5.32 Å². The molecule has 1 N–H and O–H groups in total. The molecule has 2 atom stereocenters. The number of hydrogen-bond acceptors (Lipinski definition) is 3. The van der Waals surface area contributed by atoms with Gasteiger partial charge in [-0.25, -0.2) is 0 Å². The molecule has 4 nitrogen and oxygen atoms in total. The van der Waals surface area contributed by atoms with Gasteiger partial charge in [-0.15, -0.1) is 0 Å². The third kappa shape index (κ3) is 2.25. The first-order valence-corrected chi connectivity index (χ1v) is 5.16. The fourth-order valence-electron chi connectivity index (χ4n) is 1.90. The quantitative estimate of drug-likeness (QED) is 0.684. The van der Waals surface area contributed by atoms with Crippen LogP contribution in [-0.4, -0.2) is 30.4 Å². The average Bonchev–Trinajstić information content (AvgIpc) is 2.37. The van der Waals surface area contributed by atoms with E-state index in [1.807, 2.05) is 13.8 Å². The summed E-state index contributed by atoms with van der Waals surface area (Å²) in [6.45, 7) is 4.53. The molecule has 4 heteroatoms. The van der Waals surface area contributed by atoms with Gasteiger partial charge in [-0.05, 0) is 26.7 Å². The highest BCUT2D eigenvalue weighted by Crippen LogP contribution is 2.26. The number of carbonyl (C=O) groups is 1. The van der Waals surface area contributed by atoms with Crippen LogP contribution in [0.3, 0.4) is 0 Å². The maximum atomic E-state index is 10.6. The van der Waals surface area contributed by atoms with E-state index in [0.29, 0.717) is 19.1 Å². The Bertz CT molecular complexity index is 232. The van der Waals surface area contributed by atoms with Gasteiger partial charge in [0.25, 0.3) is 0 Å². The van der Waals surface area contributed by atoms with Gasteiger partial charge in [0.05, 0.1) is 12.7 Å². The first-order chi connectivity index (χ1) is 6.55. The van der Waals surface area contributed by atoms with Crippen LogP contribution in [0.1, 0.15) is 33.1 Å². The number of carbonyl (C=O) groups excluding carboxylic acids is 1. The molecule has 1 unspecified atom stereocenters. The van der Waals surface area contributed by atoms with Gasteiger partial charge in [0, 0.05) is 12.5 Å². The normalized spacial score (nSPS) is 35.1. The lowest BCUT2D eigenvalue weighted by Gasteiger charge is -2.27. The zero-order valence-electron chi connectivity index (χ0n) is 8.71. The SMILES string of the molecule is CC1(C)OCC(CC[C@@H]2CC(=O)N2)O1. The van der Waals surface area contributed by atoms with E-state index in [2.05, 4.69) is 5.32 Å². The van der Waals surface area contributed by atoms with Crippen LogP contribution in [0.4, 0.5) is 0 Å². The average molecular weight is 199 g/mol. The third-order valence-corrected chi connectivity index (χ3v) is 2.70. The van der Waals surface area contributed by atoms with Crippen LogP contribution in [0.5, 0.6) is 0 Å². The molecule has 2 fully saturated rings. The zero-order chi connectivity index (χ0) is 10.2. The summed E-state index contributed by atoms with van der Waals surface area (Å²) in [7, 11) is 0. The van der Waals surface area contributed by atoms with Crippen LogP contribution in [0.15, 0.2) is 0 Å². The number of hydrogen-bond donors (Lipinski definition) is 1. The molecule has 80 valence electrons. The summed E-state index contributed by atoms with van der Waals surface area (Å²) < 4.78 is 11.1. The van der Waals surface area contributed by atoms with Crippen molar-refractivity contribution >= 4 is 5.91 Å². The van der Waals surface area contributed by atoms with Crippen molar-refractivity contribution in [1.82, 2.24) is 5.32 Å². The van der Waals surface area contributed by atoms with E-state index in [4.69, 9.17) is 9.47 Å². The summed E-state index contributed by atoms with van der Waals surface area (Å²) in [5, 5.41) is 2.85. The monoisotopic (exact) mass is 199 g/mol. The summed E-state index contributed by atoms with van der Waals surface area (Å²) in [6.07, 6.45) is 2.84. The Morgan fingerprint density at radius 3 is 2.71 bits per heavy atom. The lowest BCUT2D eigenvalue weighted by Crippen LogP contribution is -2.48. The van der Waals surface area contributed by atoms with Gasteiger partial charge in [-0.1, -0.05) is 0 Å².